The van der Waals surface area contributed by atoms with Crippen LogP contribution in [0, 0.1) is 0 Å². The lowest BCUT2D eigenvalue weighted by molar-refractivity contribution is 0.143. The molecule has 0 aliphatic carbocycles. The molecule has 1 atom stereocenters. The Hall–Kier alpha value is -1.06. The number of aliphatic hydroxyl groups excluding tert-OH is 1. The van der Waals surface area contributed by atoms with Gasteiger partial charge in [0.1, 0.15) is 5.75 Å². The number of hydrogen-bond donors (Lipinski definition) is 3. The Labute approximate surface area is 168 Å². The van der Waals surface area contributed by atoms with Gasteiger partial charge in [0, 0.05) is 26.3 Å². The average Bonchev–Trinajstić information content (AvgIpc) is 2.62. The van der Waals surface area contributed by atoms with E-state index < -0.39 is 6.10 Å². The van der Waals surface area contributed by atoms with Crippen LogP contribution < -0.4 is 15.4 Å². The van der Waals surface area contributed by atoms with E-state index in [1.54, 1.807) is 7.11 Å². The van der Waals surface area contributed by atoms with Crippen molar-refractivity contribution in [3.63, 3.8) is 0 Å². The van der Waals surface area contributed by atoms with Crippen LogP contribution in [-0.4, -0.2) is 51.0 Å². The molecule has 6 nitrogen and oxygen atoms in total. The zero-order valence-electron chi connectivity index (χ0n) is 15.5. The molecule has 1 aromatic rings. The second-order valence-corrected chi connectivity index (χ2v) is 5.34. The first-order valence-electron chi connectivity index (χ1n) is 8.63. The van der Waals surface area contributed by atoms with Crippen molar-refractivity contribution in [2.45, 2.75) is 32.8 Å². The second-order valence-electron chi connectivity index (χ2n) is 5.34. The molecule has 0 aliphatic heterocycles. The normalized spacial score (nSPS) is 12.2. The maximum absolute atomic E-state index is 10.2. The SMILES string of the molecule is CCNC(=NCC(O)c1ccc(OC)cc1)NCCCCOCC.I. The van der Waals surface area contributed by atoms with Crippen molar-refractivity contribution < 1.29 is 14.6 Å². The number of aliphatic hydroxyl groups is 1. The Balaban J connectivity index is 0.00000576. The second kappa shape index (κ2) is 15.2. The molecule has 0 heterocycles. The third-order valence-electron chi connectivity index (χ3n) is 3.48. The minimum Gasteiger partial charge on any atom is -0.497 e. The Morgan fingerprint density at radius 1 is 1.16 bits per heavy atom. The fourth-order valence-electron chi connectivity index (χ4n) is 2.13. The molecule has 3 N–H and O–H groups in total. The van der Waals surface area contributed by atoms with Crippen molar-refractivity contribution in [3.05, 3.63) is 29.8 Å². The van der Waals surface area contributed by atoms with Crippen LogP contribution in [0.15, 0.2) is 29.3 Å². The van der Waals surface area contributed by atoms with Crippen LogP contribution in [0.1, 0.15) is 38.4 Å². The number of rotatable bonds is 11. The summed E-state index contributed by atoms with van der Waals surface area (Å²) in [7, 11) is 1.62. The standard InChI is InChI=1S/C18H31N3O3.HI/c1-4-19-18(20-12-6-7-13-24-5-2)21-14-17(22)15-8-10-16(23-3)11-9-15;/h8-11,17,22H,4-7,12-14H2,1-3H3,(H2,19,20,21);1H. The summed E-state index contributed by atoms with van der Waals surface area (Å²) < 4.78 is 10.4. The largest absolute Gasteiger partial charge is 0.497 e. The zero-order valence-corrected chi connectivity index (χ0v) is 17.8. The van der Waals surface area contributed by atoms with Crippen molar-refractivity contribution in [2.75, 3.05) is 40.0 Å². The molecule has 1 aromatic carbocycles. The number of halogens is 1. The lowest BCUT2D eigenvalue weighted by Gasteiger charge is -2.13. The molecule has 0 bridgehead atoms. The number of guanidine groups is 1. The van der Waals surface area contributed by atoms with E-state index in [4.69, 9.17) is 9.47 Å². The summed E-state index contributed by atoms with van der Waals surface area (Å²) in [6, 6.07) is 7.38. The zero-order chi connectivity index (χ0) is 17.6. The summed E-state index contributed by atoms with van der Waals surface area (Å²) >= 11 is 0. The summed E-state index contributed by atoms with van der Waals surface area (Å²) in [5, 5.41) is 16.7. The molecular weight excluding hydrogens is 433 g/mol. The highest BCUT2D eigenvalue weighted by molar-refractivity contribution is 14.0. The summed E-state index contributed by atoms with van der Waals surface area (Å²) in [4.78, 5) is 4.45. The van der Waals surface area contributed by atoms with Crippen LogP contribution in [0.25, 0.3) is 0 Å². The Morgan fingerprint density at radius 3 is 2.48 bits per heavy atom. The predicted molar refractivity (Wildman–Crippen MR) is 113 cm³/mol. The van der Waals surface area contributed by atoms with E-state index >= 15 is 0 Å². The highest BCUT2D eigenvalue weighted by atomic mass is 127. The third kappa shape index (κ3) is 10.5. The lowest BCUT2D eigenvalue weighted by Crippen LogP contribution is -2.38. The van der Waals surface area contributed by atoms with Gasteiger partial charge < -0.3 is 25.2 Å². The molecule has 144 valence electrons. The molecule has 0 fully saturated rings. The Morgan fingerprint density at radius 2 is 1.88 bits per heavy atom. The molecule has 25 heavy (non-hydrogen) atoms. The van der Waals surface area contributed by atoms with Crippen molar-refractivity contribution in [3.8, 4) is 5.75 Å². The number of nitrogens with zero attached hydrogens (tertiary/aromatic N) is 1. The molecule has 0 saturated heterocycles. The van der Waals surface area contributed by atoms with E-state index in [0.29, 0.717) is 6.54 Å². The van der Waals surface area contributed by atoms with E-state index in [0.717, 1.165) is 56.4 Å². The number of methoxy groups -OCH3 is 1. The Bertz CT molecular complexity index is 469. The highest BCUT2D eigenvalue weighted by Gasteiger charge is 2.07. The molecule has 0 aromatic heterocycles. The number of unbranched alkanes of at least 4 members (excludes halogenated alkanes) is 1. The van der Waals surface area contributed by atoms with E-state index in [-0.39, 0.29) is 24.0 Å². The molecule has 1 unspecified atom stereocenters. The summed E-state index contributed by atoms with van der Waals surface area (Å²) in [5.74, 6) is 1.50. The molecule has 0 saturated carbocycles. The first kappa shape index (κ1) is 23.9. The monoisotopic (exact) mass is 465 g/mol. The van der Waals surface area contributed by atoms with Crippen molar-refractivity contribution >= 4 is 29.9 Å². The smallest absolute Gasteiger partial charge is 0.191 e. The van der Waals surface area contributed by atoms with Gasteiger partial charge in [0.05, 0.1) is 19.8 Å². The van der Waals surface area contributed by atoms with E-state index in [1.807, 2.05) is 38.1 Å². The van der Waals surface area contributed by atoms with Crippen molar-refractivity contribution in [2.24, 2.45) is 4.99 Å². The van der Waals surface area contributed by atoms with E-state index in [2.05, 4.69) is 15.6 Å². The lowest BCUT2D eigenvalue weighted by atomic mass is 10.1. The fraction of sp³-hybridized carbons (Fsp3) is 0.611. The quantitative estimate of drug-likeness (QED) is 0.203. The third-order valence-corrected chi connectivity index (χ3v) is 3.48. The van der Waals surface area contributed by atoms with Gasteiger partial charge in [0.25, 0.3) is 0 Å². The van der Waals surface area contributed by atoms with Gasteiger partial charge in [0.2, 0.25) is 0 Å². The Kier molecular flexibility index (Phi) is 14.6. The van der Waals surface area contributed by atoms with Gasteiger partial charge in [-0.05, 0) is 44.4 Å². The number of benzene rings is 1. The molecule has 1 rings (SSSR count). The molecular formula is C18H32IN3O3. The van der Waals surface area contributed by atoms with Crippen LogP contribution in [0.2, 0.25) is 0 Å². The van der Waals surface area contributed by atoms with E-state index in [1.165, 1.54) is 0 Å². The summed E-state index contributed by atoms with van der Waals surface area (Å²) in [6.07, 6.45) is 1.41. The molecule has 0 radical (unpaired) electrons. The minimum absolute atomic E-state index is 0. The number of aliphatic imine (C=N–C) groups is 1. The number of nitrogens with one attached hydrogen (secondary N) is 2. The van der Waals surface area contributed by atoms with Gasteiger partial charge in [-0.3, -0.25) is 4.99 Å². The average molecular weight is 465 g/mol. The first-order chi connectivity index (χ1) is 11.7. The summed E-state index contributed by atoms with van der Waals surface area (Å²) in [5.41, 5.74) is 0.826. The minimum atomic E-state index is -0.635. The van der Waals surface area contributed by atoms with Gasteiger partial charge in [0.15, 0.2) is 5.96 Å². The maximum atomic E-state index is 10.2. The number of ether oxygens (including phenoxy) is 2. The summed E-state index contributed by atoms with van der Waals surface area (Å²) in [6.45, 7) is 7.50. The predicted octanol–water partition coefficient (Wildman–Crippen LogP) is 2.72. The fourth-order valence-corrected chi connectivity index (χ4v) is 2.13. The van der Waals surface area contributed by atoms with Gasteiger partial charge in [-0.2, -0.15) is 0 Å². The molecule has 7 heteroatoms. The van der Waals surface area contributed by atoms with Gasteiger partial charge in [-0.1, -0.05) is 12.1 Å². The van der Waals surface area contributed by atoms with Gasteiger partial charge in [-0.15, -0.1) is 24.0 Å². The highest BCUT2D eigenvalue weighted by Crippen LogP contribution is 2.17. The van der Waals surface area contributed by atoms with Crippen molar-refractivity contribution in [1.82, 2.24) is 10.6 Å². The van der Waals surface area contributed by atoms with Crippen LogP contribution in [0.3, 0.4) is 0 Å². The number of hydrogen-bond acceptors (Lipinski definition) is 4. The van der Waals surface area contributed by atoms with Crippen LogP contribution >= 0.6 is 24.0 Å². The molecule has 0 spiro atoms. The van der Waals surface area contributed by atoms with Crippen LogP contribution in [0.5, 0.6) is 5.75 Å². The van der Waals surface area contributed by atoms with Crippen LogP contribution in [-0.2, 0) is 4.74 Å². The van der Waals surface area contributed by atoms with Crippen LogP contribution in [0.4, 0.5) is 0 Å². The van der Waals surface area contributed by atoms with Gasteiger partial charge >= 0.3 is 0 Å². The van der Waals surface area contributed by atoms with Gasteiger partial charge in [-0.25, -0.2) is 0 Å². The molecule has 0 amide bonds. The van der Waals surface area contributed by atoms with E-state index in [9.17, 15) is 5.11 Å². The topological polar surface area (TPSA) is 75.1 Å². The van der Waals surface area contributed by atoms with Crippen molar-refractivity contribution in [1.29, 1.82) is 0 Å². The maximum Gasteiger partial charge on any atom is 0.191 e. The first-order valence-corrected chi connectivity index (χ1v) is 8.63. The molecule has 0 aliphatic rings.